The molecule has 0 aromatic heterocycles. The Kier molecular flexibility index (Phi) is 10.7. The molecule has 30 heavy (non-hydrogen) atoms. The molecule has 1 amide bonds. The summed E-state index contributed by atoms with van der Waals surface area (Å²) in [5, 5.41) is 13.0. The molecule has 2 aliphatic heterocycles. The first kappa shape index (κ1) is 24.7. The van der Waals surface area contributed by atoms with Crippen LogP contribution in [0.1, 0.15) is 12.5 Å². The Morgan fingerprint density at radius 2 is 1.87 bits per heavy atom. The van der Waals surface area contributed by atoms with E-state index < -0.39 is 0 Å². The normalized spacial score (nSPS) is 18.1. The second-order valence-electron chi connectivity index (χ2n) is 7.41. The number of aliphatic imine (C=N–C) groups is 1. The number of hydrogen-bond donors (Lipinski definition) is 2. The van der Waals surface area contributed by atoms with E-state index in [4.69, 9.17) is 9.73 Å². The van der Waals surface area contributed by atoms with Crippen LogP contribution in [-0.4, -0.2) is 104 Å². The van der Waals surface area contributed by atoms with Crippen molar-refractivity contribution >= 4 is 35.8 Å². The fourth-order valence-electron chi connectivity index (χ4n) is 3.65. The van der Waals surface area contributed by atoms with Crippen LogP contribution >= 0.6 is 24.0 Å². The fourth-order valence-corrected chi connectivity index (χ4v) is 3.65. The molecule has 2 heterocycles. The predicted octanol–water partition coefficient (Wildman–Crippen LogP) is 0.995. The van der Waals surface area contributed by atoms with Gasteiger partial charge in [-0.2, -0.15) is 0 Å². The quantitative estimate of drug-likeness (QED) is 0.324. The molecule has 2 saturated heterocycles. The number of rotatable bonds is 6. The van der Waals surface area contributed by atoms with Gasteiger partial charge >= 0.3 is 0 Å². The number of piperazine rings is 1. The minimum absolute atomic E-state index is 0. The molecule has 0 unspecified atom stereocenters. The average Bonchev–Trinajstić information content (AvgIpc) is 2.74. The number of phenolic OH excluding ortho intramolecular Hbond substituents is 1. The summed E-state index contributed by atoms with van der Waals surface area (Å²) in [6.45, 7) is 10.2. The molecule has 9 heteroatoms. The van der Waals surface area contributed by atoms with Crippen LogP contribution in [0, 0.1) is 0 Å². The van der Waals surface area contributed by atoms with Gasteiger partial charge in [0.1, 0.15) is 5.75 Å². The summed E-state index contributed by atoms with van der Waals surface area (Å²) in [5.41, 5.74) is 1.08. The summed E-state index contributed by atoms with van der Waals surface area (Å²) >= 11 is 0. The van der Waals surface area contributed by atoms with E-state index in [9.17, 15) is 9.90 Å². The molecule has 2 aliphatic rings. The maximum Gasteiger partial charge on any atom is 0.236 e. The largest absolute Gasteiger partial charge is 0.508 e. The summed E-state index contributed by atoms with van der Waals surface area (Å²) in [6, 6.07) is 7.33. The third-order valence-electron chi connectivity index (χ3n) is 5.30. The molecule has 0 atom stereocenters. The molecule has 2 N–H and O–H groups in total. The van der Waals surface area contributed by atoms with E-state index >= 15 is 0 Å². The zero-order valence-corrected chi connectivity index (χ0v) is 20.1. The third-order valence-corrected chi connectivity index (χ3v) is 5.30. The molecule has 2 fully saturated rings. The van der Waals surface area contributed by atoms with Gasteiger partial charge in [-0.3, -0.25) is 14.7 Å². The summed E-state index contributed by atoms with van der Waals surface area (Å²) in [5.74, 6) is 1.42. The number of carbonyl (C=O) groups is 1. The Morgan fingerprint density at radius 3 is 2.53 bits per heavy atom. The molecule has 0 saturated carbocycles. The van der Waals surface area contributed by atoms with Crippen molar-refractivity contribution in [2.24, 2.45) is 4.99 Å². The highest BCUT2D eigenvalue weighted by Crippen LogP contribution is 2.11. The molecule has 0 spiro atoms. The van der Waals surface area contributed by atoms with Gasteiger partial charge < -0.3 is 25.0 Å². The molecule has 1 aromatic carbocycles. The minimum Gasteiger partial charge on any atom is -0.508 e. The number of aromatic hydroxyl groups is 1. The van der Waals surface area contributed by atoms with Crippen LogP contribution < -0.4 is 5.32 Å². The van der Waals surface area contributed by atoms with E-state index in [-0.39, 0.29) is 29.9 Å². The second-order valence-corrected chi connectivity index (χ2v) is 7.41. The van der Waals surface area contributed by atoms with Gasteiger partial charge in [0.05, 0.1) is 19.8 Å². The Morgan fingerprint density at radius 1 is 1.13 bits per heavy atom. The van der Waals surface area contributed by atoms with Crippen molar-refractivity contribution in [1.82, 2.24) is 20.0 Å². The second kappa shape index (κ2) is 13.0. The number of halogens is 1. The molecule has 1 aromatic rings. The number of hydrogen-bond acceptors (Lipinski definition) is 5. The van der Waals surface area contributed by atoms with E-state index in [1.165, 1.54) is 0 Å². The number of amides is 1. The van der Waals surface area contributed by atoms with E-state index in [0.29, 0.717) is 45.1 Å². The number of morpholine rings is 1. The Balaban J connectivity index is 0.00000320. The van der Waals surface area contributed by atoms with E-state index in [1.807, 2.05) is 17.0 Å². The number of guanidine groups is 1. The van der Waals surface area contributed by atoms with Crippen LogP contribution in [0.5, 0.6) is 5.75 Å². The van der Waals surface area contributed by atoms with Gasteiger partial charge in [-0.05, 0) is 31.0 Å². The van der Waals surface area contributed by atoms with Gasteiger partial charge in [0, 0.05) is 52.4 Å². The topological polar surface area (TPSA) is 80.6 Å². The summed E-state index contributed by atoms with van der Waals surface area (Å²) in [4.78, 5) is 23.6. The first-order valence-corrected chi connectivity index (χ1v) is 10.5. The Hall–Kier alpha value is -1.59. The smallest absolute Gasteiger partial charge is 0.236 e. The summed E-state index contributed by atoms with van der Waals surface area (Å²) < 4.78 is 5.32. The molecular formula is C21H34IN5O3. The van der Waals surface area contributed by atoms with Crippen molar-refractivity contribution in [3.63, 3.8) is 0 Å². The standard InChI is InChI=1S/C21H33N5O3.HI/c1-2-22-21(23-7-6-18-4-3-5-19(27)16-18)26-10-8-24(9-11-26)17-20(28)25-12-14-29-15-13-25;/h3-5,16,27H,2,6-15,17H2,1H3,(H,22,23);1H. The monoisotopic (exact) mass is 531 g/mol. The van der Waals surface area contributed by atoms with E-state index in [0.717, 1.165) is 50.7 Å². The molecule has 168 valence electrons. The fraction of sp³-hybridized carbons (Fsp3) is 0.619. The van der Waals surface area contributed by atoms with Crippen molar-refractivity contribution in [3.05, 3.63) is 29.8 Å². The SMILES string of the molecule is CCNC(=NCCc1cccc(O)c1)N1CCN(CC(=O)N2CCOCC2)CC1.I. The van der Waals surface area contributed by atoms with Crippen molar-refractivity contribution in [2.75, 3.05) is 72.1 Å². The number of ether oxygens (including phenoxy) is 1. The van der Waals surface area contributed by atoms with Gasteiger partial charge in [-0.15, -0.1) is 24.0 Å². The lowest BCUT2D eigenvalue weighted by atomic mass is 10.1. The van der Waals surface area contributed by atoms with Crippen LogP contribution in [0.25, 0.3) is 0 Å². The highest BCUT2D eigenvalue weighted by molar-refractivity contribution is 14.0. The van der Waals surface area contributed by atoms with Gasteiger partial charge in [0.15, 0.2) is 5.96 Å². The number of phenols is 1. The predicted molar refractivity (Wildman–Crippen MR) is 129 cm³/mol. The zero-order chi connectivity index (χ0) is 20.5. The van der Waals surface area contributed by atoms with Gasteiger partial charge in [0.2, 0.25) is 5.91 Å². The molecule has 3 rings (SSSR count). The number of nitrogens with zero attached hydrogens (tertiary/aromatic N) is 4. The van der Waals surface area contributed by atoms with Crippen LogP contribution in [0.3, 0.4) is 0 Å². The van der Waals surface area contributed by atoms with Crippen LogP contribution in [-0.2, 0) is 16.0 Å². The average molecular weight is 531 g/mol. The Labute approximate surface area is 196 Å². The molecule has 0 aliphatic carbocycles. The van der Waals surface area contributed by atoms with Crippen molar-refractivity contribution in [3.8, 4) is 5.75 Å². The van der Waals surface area contributed by atoms with Gasteiger partial charge in [0.25, 0.3) is 0 Å². The number of benzene rings is 1. The molecule has 8 nitrogen and oxygen atoms in total. The lowest BCUT2D eigenvalue weighted by Crippen LogP contribution is -2.55. The maximum atomic E-state index is 12.4. The maximum absolute atomic E-state index is 12.4. The molecule has 0 radical (unpaired) electrons. The minimum atomic E-state index is 0. The Bertz CT molecular complexity index is 689. The van der Waals surface area contributed by atoms with E-state index in [2.05, 4.69) is 22.0 Å². The first-order valence-electron chi connectivity index (χ1n) is 10.5. The highest BCUT2D eigenvalue weighted by atomic mass is 127. The first-order chi connectivity index (χ1) is 14.2. The van der Waals surface area contributed by atoms with Crippen LogP contribution in [0.2, 0.25) is 0 Å². The number of nitrogens with one attached hydrogen (secondary N) is 1. The zero-order valence-electron chi connectivity index (χ0n) is 17.8. The van der Waals surface area contributed by atoms with E-state index in [1.54, 1.807) is 12.1 Å². The van der Waals surface area contributed by atoms with Crippen molar-refractivity contribution in [1.29, 1.82) is 0 Å². The lowest BCUT2D eigenvalue weighted by Gasteiger charge is -2.37. The summed E-state index contributed by atoms with van der Waals surface area (Å²) in [6.07, 6.45) is 0.789. The highest BCUT2D eigenvalue weighted by Gasteiger charge is 2.24. The van der Waals surface area contributed by atoms with Gasteiger partial charge in [-0.25, -0.2) is 0 Å². The van der Waals surface area contributed by atoms with Crippen molar-refractivity contribution in [2.45, 2.75) is 13.3 Å². The lowest BCUT2D eigenvalue weighted by molar-refractivity contribution is -0.136. The number of carbonyl (C=O) groups excluding carboxylic acids is 1. The summed E-state index contributed by atoms with van der Waals surface area (Å²) in [7, 11) is 0. The van der Waals surface area contributed by atoms with Gasteiger partial charge in [-0.1, -0.05) is 12.1 Å². The third kappa shape index (κ3) is 7.59. The molecule has 0 bridgehead atoms. The van der Waals surface area contributed by atoms with Crippen LogP contribution in [0.15, 0.2) is 29.3 Å². The molecular weight excluding hydrogens is 497 g/mol. The van der Waals surface area contributed by atoms with Crippen LogP contribution in [0.4, 0.5) is 0 Å². The van der Waals surface area contributed by atoms with Crippen molar-refractivity contribution < 1.29 is 14.6 Å².